The molecule has 17 heavy (non-hydrogen) atoms. The van der Waals surface area contributed by atoms with Crippen molar-refractivity contribution in [3.63, 3.8) is 0 Å². The number of carboxylic acid groups (broad SMARTS) is 2. The number of benzene rings is 1. The average molecular weight is 239 g/mol. The quantitative estimate of drug-likeness (QED) is 0.213. The summed E-state index contributed by atoms with van der Waals surface area (Å²) < 4.78 is 0. The van der Waals surface area contributed by atoms with Crippen LogP contribution in [-0.4, -0.2) is 28.5 Å². The third kappa shape index (κ3) is 9.53. The van der Waals surface area contributed by atoms with Crippen molar-refractivity contribution in [2.45, 2.75) is 0 Å². The van der Waals surface area contributed by atoms with Gasteiger partial charge in [-0.2, -0.15) is 5.10 Å². The van der Waals surface area contributed by atoms with E-state index in [4.69, 9.17) is 32.2 Å². The van der Waals surface area contributed by atoms with E-state index in [1.807, 2.05) is 12.1 Å². The Bertz CT molecular complexity index is 405. The fourth-order valence-corrected chi connectivity index (χ4v) is 0.744. The summed E-state index contributed by atoms with van der Waals surface area (Å²) in [6.45, 7) is 0. The van der Waals surface area contributed by atoms with Crippen LogP contribution in [0.15, 0.2) is 34.5 Å². The van der Waals surface area contributed by atoms with Gasteiger partial charge in [0.25, 0.3) is 0 Å². The van der Waals surface area contributed by atoms with Crippen LogP contribution in [0.3, 0.4) is 0 Å². The second kappa shape index (κ2) is 7.51. The van der Waals surface area contributed by atoms with Gasteiger partial charge in [-0.05, 0) is 17.7 Å². The molecule has 8 nitrogen and oxygen atoms in total. The number of nitrogens with zero attached hydrogens (tertiary/aromatic N) is 2. The largest absolute Gasteiger partial charge is 0.503 e. The standard InChI is InChI=1S/C8H11N5.CH2O3/c9-7-3-1-6(2-4-7)5-12-13-8(10)11;2-1(3)4/h1-5H,9H2,(H4,10,11,13);(H2,2,3,4). The predicted octanol–water partition coefficient (Wildman–Crippen LogP) is 0.0985. The van der Waals surface area contributed by atoms with Crippen LogP contribution in [0.2, 0.25) is 0 Å². The van der Waals surface area contributed by atoms with E-state index < -0.39 is 6.16 Å². The molecule has 0 unspecified atom stereocenters. The first kappa shape index (κ1) is 14.2. The van der Waals surface area contributed by atoms with Gasteiger partial charge in [-0.25, -0.2) is 4.79 Å². The monoisotopic (exact) mass is 239 g/mol. The van der Waals surface area contributed by atoms with Gasteiger partial charge in [-0.1, -0.05) is 12.1 Å². The van der Waals surface area contributed by atoms with Gasteiger partial charge < -0.3 is 27.4 Å². The predicted molar refractivity (Wildman–Crippen MR) is 64.9 cm³/mol. The molecule has 92 valence electrons. The molecular formula is C9H13N5O3. The number of nitrogens with two attached hydrogens (primary N) is 3. The molecule has 0 atom stereocenters. The fourth-order valence-electron chi connectivity index (χ4n) is 0.744. The van der Waals surface area contributed by atoms with Crippen LogP contribution in [0.5, 0.6) is 0 Å². The molecule has 8 heteroatoms. The highest BCUT2D eigenvalue weighted by atomic mass is 16.6. The molecule has 1 aromatic carbocycles. The molecule has 1 aromatic rings. The van der Waals surface area contributed by atoms with Gasteiger partial charge in [0, 0.05) is 5.69 Å². The van der Waals surface area contributed by atoms with Gasteiger partial charge in [0.15, 0.2) is 0 Å². The van der Waals surface area contributed by atoms with Gasteiger partial charge in [-0.3, -0.25) is 0 Å². The lowest BCUT2D eigenvalue weighted by atomic mass is 10.2. The highest BCUT2D eigenvalue weighted by Gasteiger charge is 1.86. The molecule has 0 amide bonds. The molecule has 1 rings (SSSR count). The molecule has 0 bridgehead atoms. The van der Waals surface area contributed by atoms with Crippen molar-refractivity contribution in [2.75, 3.05) is 5.73 Å². The number of anilines is 1. The van der Waals surface area contributed by atoms with E-state index in [0.29, 0.717) is 5.69 Å². The normalized spacial score (nSPS) is 9.18. The molecule has 0 saturated heterocycles. The first-order valence-electron chi connectivity index (χ1n) is 4.31. The molecule has 8 N–H and O–H groups in total. The number of carbonyl (C=O) groups is 1. The van der Waals surface area contributed by atoms with E-state index in [1.165, 1.54) is 0 Å². The van der Waals surface area contributed by atoms with Gasteiger partial charge in [0.2, 0.25) is 5.96 Å². The first-order valence-corrected chi connectivity index (χ1v) is 4.31. The van der Waals surface area contributed by atoms with Crippen molar-refractivity contribution in [2.24, 2.45) is 21.7 Å². The second-order valence-corrected chi connectivity index (χ2v) is 2.72. The molecular weight excluding hydrogens is 226 g/mol. The molecule has 0 fully saturated rings. The van der Waals surface area contributed by atoms with E-state index in [0.717, 1.165) is 5.56 Å². The Morgan fingerprint density at radius 3 is 2.06 bits per heavy atom. The van der Waals surface area contributed by atoms with Crippen LogP contribution in [0.4, 0.5) is 10.5 Å². The maximum absolute atomic E-state index is 8.56. The van der Waals surface area contributed by atoms with Crippen molar-refractivity contribution < 1.29 is 15.0 Å². The lowest BCUT2D eigenvalue weighted by molar-refractivity contribution is 0.137. The minimum Gasteiger partial charge on any atom is -0.450 e. The summed E-state index contributed by atoms with van der Waals surface area (Å²) in [4.78, 5) is 8.56. The van der Waals surface area contributed by atoms with Crippen LogP contribution in [0.1, 0.15) is 5.56 Å². The number of rotatable bonds is 2. The van der Waals surface area contributed by atoms with E-state index in [-0.39, 0.29) is 5.96 Å². The number of hydrogen-bond acceptors (Lipinski definition) is 4. The smallest absolute Gasteiger partial charge is 0.450 e. The van der Waals surface area contributed by atoms with Crippen LogP contribution >= 0.6 is 0 Å². The van der Waals surface area contributed by atoms with Gasteiger partial charge in [0.05, 0.1) is 6.21 Å². The minimum atomic E-state index is -1.83. The Morgan fingerprint density at radius 1 is 1.18 bits per heavy atom. The lowest BCUT2D eigenvalue weighted by Crippen LogP contribution is -2.21. The van der Waals surface area contributed by atoms with Crippen LogP contribution in [0, 0.1) is 0 Å². The first-order chi connectivity index (χ1) is 7.91. The third-order valence-corrected chi connectivity index (χ3v) is 1.32. The summed E-state index contributed by atoms with van der Waals surface area (Å²) in [6.07, 6.45) is -0.292. The molecule has 0 saturated carbocycles. The Morgan fingerprint density at radius 2 is 1.65 bits per heavy atom. The van der Waals surface area contributed by atoms with Gasteiger partial charge >= 0.3 is 6.16 Å². The molecule has 0 aliphatic carbocycles. The van der Waals surface area contributed by atoms with Crippen molar-refractivity contribution in [3.05, 3.63) is 29.8 Å². The van der Waals surface area contributed by atoms with Gasteiger partial charge in [-0.15, -0.1) is 5.10 Å². The van der Waals surface area contributed by atoms with Gasteiger partial charge in [0.1, 0.15) is 0 Å². The van der Waals surface area contributed by atoms with Crippen molar-refractivity contribution in [1.29, 1.82) is 0 Å². The molecule has 0 aromatic heterocycles. The van der Waals surface area contributed by atoms with Crippen LogP contribution < -0.4 is 17.2 Å². The SMILES string of the molecule is NC(N)=NN=Cc1ccc(N)cc1.O=C(O)O. The van der Waals surface area contributed by atoms with Crippen LogP contribution in [0.25, 0.3) is 0 Å². The summed E-state index contributed by atoms with van der Waals surface area (Å²) in [7, 11) is 0. The maximum Gasteiger partial charge on any atom is 0.503 e. The third-order valence-electron chi connectivity index (χ3n) is 1.32. The summed E-state index contributed by atoms with van der Waals surface area (Å²) in [5.41, 5.74) is 17.2. The Labute approximate surface area is 97.1 Å². The second-order valence-electron chi connectivity index (χ2n) is 2.72. The number of nitrogen functional groups attached to an aromatic ring is 1. The zero-order valence-electron chi connectivity index (χ0n) is 8.82. The average Bonchev–Trinajstić information content (AvgIpc) is 2.19. The molecule has 0 heterocycles. The zero-order valence-corrected chi connectivity index (χ0v) is 8.82. The molecule has 0 radical (unpaired) electrons. The van der Waals surface area contributed by atoms with E-state index >= 15 is 0 Å². The van der Waals surface area contributed by atoms with E-state index in [9.17, 15) is 0 Å². The fraction of sp³-hybridized carbons (Fsp3) is 0. The summed E-state index contributed by atoms with van der Waals surface area (Å²) in [6, 6.07) is 7.19. The Kier molecular flexibility index (Phi) is 6.29. The van der Waals surface area contributed by atoms with E-state index in [1.54, 1.807) is 18.3 Å². The topological polar surface area (TPSA) is 160 Å². The number of guanidine groups is 1. The number of hydrogen-bond donors (Lipinski definition) is 5. The molecule has 0 spiro atoms. The van der Waals surface area contributed by atoms with Crippen molar-refractivity contribution in [3.8, 4) is 0 Å². The Balaban J connectivity index is 0.000000557. The van der Waals surface area contributed by atoms with Crippen molar-refractivity contribution in [1.82, 2.24) is 0 Å². The highest BCUT2D eigenvalue weighted by Crippen LogP contribution is 2.02. The molecule has 0 aliphatic heterocycles. The van der Waals surface area contributed by atoms with Crippen molar-refractivity contribution >= 4 is 24.0 Å². The van der Waals surface area contributed by atoms with Crippen LogP contribution in [-0.2, 0) is 0 Å². The molecule has 0 aliphatic rings. The zero-order chi connectivity index (χ0) is 13.3. The maximum atomic E-state index is 8.56. The van der Waals surface area contributed by atoms with E-state index in [2.05, 4.69) is 10.2 Å². The summed E-state index contributed by atoms with van der Waals surface area (Å²) in [5.74, 6) is -0.0632. The summed E-state index contributed by atoms with van der Waals surface area (Å²) in [5, 5.41) is 21.0. The minimum absolute atomic E-state index is 0.0632. The summed E-state index contributed by atoms with van der Waals surface area (Å²) >= 11 is 0. The lowest BCUT2D eigenvalue weighted by Gasteiger charge is -1.92. The Hall–Kier alpha value is -2.77. The highest BCUT2D eigenvalue weighted by molar-refractivity contribution is 5.81.